The summed E-state index contributed by atoms with van der Waals surface area (Å²) in [6.07, 6.45) is 0. The predicted octanol–water partition coefficient (Wildman–Crippen LogP) is 3.26. The molecule has 3 rings (SSSR count). The zero-order chi connectivity index (χ0) is 17.8. The number of aryl methyl sites for hydroxylation is 2. The molecule has 0 radical (unpaired) electrons. The number of ketones is 1. The van der Waals surface area contributed by atoms with E-state index in [0.717, 1.165) is 28.1 Å². The Morgan fingerprint density at radius 1 is 1.20 bits per heavy atom. The fourth-order valence-corrected chi connectivity index (χ4v) is 3.28. The van der Waals surface area contributed by atoms with Gasteiger partial charge in [-0.2, -0.15) is 4.68 Å². The molecule has 0 aliphatic rings. The van der Waals surface area contributed by atoms with E-state index in [1.165, 1.54) is 11.8 Å². The highest BCUT2D eigenvalue weighted by atomic mass is 32.2. The van der Waals surface area contributed by atoms with Crippen molar-refractivity contribution >= 4 is 17.5 Å². The van der Waals surface area contributed by atoms with Crippen molar-refractivity contribution in [2.75, 3.05) is 12.9 Å². The third-order valence-electron chi connectivity index (χ3n) is 3.75. The molecule has 0 unspecified atom stereocenters. The average Bonchev–Trinajstić information content (AvgIpc) is 3.08. The van der Waals surface area contributed by atoms with E-state index in [-0.39, 0.29) is 11.5 Å². The summed E-state index contributed by atoms with van der Waals surface area (Å²) in [5, 5.41) is 12.3. The molecule has 0 saturated heterocycles. The third-order valence-corrected chi connectivity index (χ3v) is 4.67. The molecule has 0 atom stereocenters. The van der Waals surface area contributed by atoms with Crippen LogP contribution < -0.4 is 4.74 Å². The summed E-state index contributed by atoms with van der Waals surface area (Å²) in [4.78, 5) is 12.5. The number of carbonyl (C=O) groups is 1. The van der Waals surface area contributed by atoms with E-state index in [1.807, 2.05) is 56.3 Å². The van der Waals surface area contributed by atoms with Gasteiger partial charge in [0.2, 0.25) is 5.16 Å². The van der Waals surface area contributed by atoms with Crippen LogP contribution in [0.1, 0.15) is 21.5 Å². The number of rotatable bonds is 6. The largest absolute Gasteiger partial charge is 0.497 e. The van der Waals surface area contributed by atoms with Crippen molar-refractivity contribution < 1.29 is 9.53 Å². The lowest BCUT2D eigenvalue weighted by molar-refractivity contribution is 0.102. The first kappa shape index (κ1) is 17.2. The number of aromatic nitrogens is 4. The Morgan fingerprint density at radius 2 is 2.04 bits per heavy atom. The fraction of sp³-hybridized carbons (Fsp3) is 0.222. The number of methoxy groups -OCH3 is 1. The maximum atomic E-state index is 12.5. The maximum Gasteiger partial charge on any atom is 0.214 e. The van der Waals surface area contributed by atoms with Crippen molar-refractivity contribution in [1.82, 2.24) is 20.2 Å². The molecule has 6 nitrogen and oxygen atoms in total. The van der Waals surface area contributed by atoms with Gasteiger partial charge in [-0.15, -0.1) is 5.10 Å². The van der Waals surface area contributed by atoms with Crippen molar-refractivity contribution in [3.05, 3.63) is 59.2 Å². The molecule has 0 saturated carbocycles. The first-order chi connectivity index (χ1) is 12.1. The quantitative estimate of drug-likeness (QED) is 0.500. The van der Waals surface area contributed by atoms with E-state index in [1.54, 1.807) is 11.8 Å². The van der Waals surface area contributed by atoms with Crippen LogP contribution in [0.5, 0.6) is 5.75 Å². The van der Waals surface area contributed by atoms with Crippen LogP contribution in [0.4, 0.5) is 0 Å². The van der Waals surface area contributed by atoms with Crippen molar-refractivity contribution in [2.45, 2.75) is 19.0 Å². The molecule has 7 heteroatoms. The summed E-state index contributed by atoms with van der Waals surface area (Å²) in [6.45, 7) is 3.96. The van der Waals surface area contributed by atoms with Crippen LogP contribution >= 0.6 is 11.8 Å². The average molecular weight is 354 g/mol. The van der Waals surface area contributed by atoms with E-state index in [4.69, 9.17) is 4.74 Å². The molecule has 128 valence electrons. The molecule has 2 aromatic carbocycles. The number of tetrazole rings is 1. The molecule has 0 bridgehead atoms. The van der Waals surface area contributed by atoms with Crippen LogP contribution in [-0.2, 0) is 0 Å². The molecular formula is C18H18N4O2S. The molecule has 0 fully saturated rings. The van der Waals surface area contributed by atoms with Gasteiger partial charge in [0.15, 0.2) is 5.78 Å². The minimum Gasteiger partial charge on any atom is -0.497 e. The van der Waals surface area contributed by atoms with Gasteiger partial charge in [-0.1, -0.05) is 41.6 Å². The minimum atomic E-state index is 0.0580. The van der Waals surface area contributed by atoms with Gasteiger partial charge in [0.1, 0.15) is 5.75 Å². The van der Waals surface area contributed by atoms with E-state index < -0.39 is 0 Å². The molecule has 0 aliphatic carbocycles. The highest BCUT2D eigenvalue weighted by molar-refractivity contribution is 7.99. The Hall–Kier alpha value is -2.67. The summed E-state index contributed by atoms with van der Waals surface area (Å²) < 4.78 is 6.83. The van der Waals surface area contributed by atoms with E-state index in [9.17, 15) is 4.79 Å². The molecular weight excluding hydrogens is 336 g/mol. The maximum absolute atomic E-state index is 12.5. The number of hydrogen-bond acceptors (Lipinski definition) is 6. The van der Waals surface area contributed by atoms with E-state index in [2.05, 4.69) is 15.5 Å². The zero-order valence-electron chi connectivity index (χ0n) is 14.3. The summed E-state index contributed by atoms with van der Waals surface area (Å²) in [5.41, 5.74) is 3.64. The van der Waals surface area contributed by atoms with Gasteiger partial charge in [-0.3, -0.25) is 4.79 Å². The van der Waals surface area contributed by atoms with Crippen LogP contribution in [0.2, 0.25) is 0 Å². The Kier molecular flexibility index (Phi) is 5.14. The summed E-state index contributed by atoms with van der Waals surface area (Å²) >= 11 is 1.31. The normalized spacial score (nSPS) is 10.7. The van der Waals surface area contributed by atoms with Gasteiger partial charge in [0.05, 0.1) is 18.6 Å². The predicted molar refractivity (Wildman–Crippen MR) is 96.7 cm³/mol. The van der Waals surface area contributed by atoms with Crippen LogP contribution in [0.3, 0.4) is 0 Å². The lowest BCUT2D eigenvalue weighted by atomic mass is 10.0. The monoisotopic (exact) mass is 354 g/mol. The molecule has 0 aliphatic heterocycles. The second kappa shape index (κ2) is 7.48. The Bertz CT molecular complexity index is 908. The van der Waals surface area contributed by atoms with Gasteiger partial charge in [-0.25, -0.2) is 0 Å². The lowest BCUT2D eigenvalue weighted by Crippen LogP contribution is -2.07. The zero-order valence-corrected chi connectivity index (χ0v) is 15.1. The smallest absolute Gasteiger partial charge is 0.214 e. The highest BCUT2D eigenvalue weighted by Crippen LogP contribution is 2.22. The lowest BCUT2D eigenvalue weighted by Gasteiger charge is -2.07. The number of nitrogens with zero attached hydrogens (tertiary/aromatic N) is 4. The SMILES string of the molecule is COc1cccc(-n2nnnc2SCC(=O)c2ccc(C)cc2C)c1. The van der Waals surface area contributed by atoms with Crippen LogP contribution in [-0.4, -0.2) is 38.9 Å². The highest BCUT2D eigenvalue weighted by Gasteiger charge is 2.14. The van der Waals surface area contributed by atoms with Gasteiger partial charge in [-0.05, 0) is 42.0 Å². The number of carbonyl (C=O) groups excluding carboxylic acids is 1. The number of thioether (sulfide) groups is 1. The number of benzene rings is 2. The Labute approximate surface area is 150 Å². The molecule has 0 amide bonds. The number of ether oxygens (including phenoxy) is 1. The second-order valence-corrected chi connectivity index (χ2v) is 6.55. The summed E-state index contributed by atoms with van der Waals surface area (Å²) in [5.74, 6) is 1.05. The van der Waals surface area contributed by atoms with Gasteiger partial charge in [0.25, 0.3) is 0 Å². The van der Waals surface area contributed by atoms with Gasteiger partial charge in [0, 0.05) is 11.6 Å². The molecule has 25 heavy (non-hydrogen) atoms. The summed E-state index contributed by atoms with van der Waals surface area (Å²) in [6, 6.07) is 13.3. The van der Waals surface area contributed by atoms with Crippen LogP contribution in [0.15, 0.2) is 47.6 Å². The van der Waals surface area contributed by atoms with Crippen molar-refractivity contribution in [3.63, 3.8) is 0 Å². The molecule has 3 aromatic rings. The standard InChI is InChI=1S/C18H18N4O2S/c1-12-7-8-16(13(2)9-12)17(23)11-25-18-19-20-21-22(18)14-5-4-6-15(10-14)24-3/h4-10H,11H2,1-3H3. The fourth-order valence-electron chi connectivity index (χ4n) is 2.51. The Morgan fingerprint density at radius 3 is 2.80 bits per heavy atom. The van der Waals surface area contributed by atoms with Crippen molar-refractivity contribution in [3.8, 4) is 11.4 Å². The van der Waals surface area contributed by atoms with Crippen LogP contribution in [0.25, 0.3) is 5.69 Å². The first-order valence-corrected chi connectivity index (χ1v) is 8.73. The summed E-state index contributed by atoms with van der Waals surface area (Å²) in [7, 11) is 1.61. The van der Waals surface area contributed by atoms with E-state index >= 15 is 0 Å². The first-order valence-electron chi connectivity index (χ1n) is 7.74. The van der Waals surface area contributed by atoms with E-state index in [0.29, 0.717) is 5.16 Å². The van der Waals surface area contributed by atoms with Crippen molar-refractivity contribution in [2.24, 2.45) is 0 Å². The third kappa shape index (κ3) is 3.88. The molecule has 0 spiro atoms. The molecule has 0 N–H and O–H groups in total. The second-order valence-electron chi connectivity index (χ2n) is 5.60. The van der Waals surface area contributed by atoms with Gasteiger partial charge < -0.3 is 4.74 Å². The van der Waals surface area contributed by atoms with Crippen molar-refractivity contribution in [1.29, 1.82) is 0 Å². The molecule has 1 aromatic heterocycles. The number of hydrogen-bond donors (Lipinski definition) is 0. The van der Waals surface area contributed by atoms with Crippen LogP contribution in [0, 0.1) is 13.8 Å². The van der Waals surface area contributed by atoms with Gasteiger partial charge >= 0.3 is 0 Å². The molecule has 1 heterocycles. The minimum absolute atomic E-state index is 0.0580. The topological polar surface area (TPSA) is 69.9 Å². The Balaban J connectivity index is 1.76. The number of Topliss-reactive ketones (excluding diaryl/α,β-unsaturated/α-hetero) is 1.